The number of esters is 1. The number of cyclic esters (lactones) is 1. The summed E-state index contributed by atoms with van der Waals surface area (Å²) in [4.78, 5) is 22.9. The van der Waals surface area contributed by atoms with Crippen molar-refractivity contribution in [1.82, 2.24) is 5.32 Å². The minimum absolute atomic E-state index is 0.00175. The standard InChI is InChI=1S/C21H29NO5S/c1-13-4-7-17-20(2,9-8-18-21(17,3)11-26-28-27-18)15(13)6-5-14-16(22-12-23)10-25-19(14)24/h5,12,15-18H,1,4,6-11H2,2-3H3,(H,22,23)/b14-5+/t15-,16?,17+,18-,20+,21+/m1/s1. The Labute approximate surface area is 170 Å². The number of fused-ring (bicyclic) bond motifs is 3. The third-order valence-corrected chi connectivity index (χ3v) is 8.25. The second-order valence-electron chi connectivity index (χ2n) is 9.10. The van der Waals surface area contributed by atoms with Crippen LogP contribution in [0.1, 0.15) is 46.0 Å². The predicted octanol–water partition coefficient (Wildman–Crippen LogP) is 3.34. The molecule has 0 spiro atoms. The highest BCUT2D eigenvalue weighted by atomic mass is 32.2. The first-order valence-electron chi connectivity index (χ1n) is 10.1. The van der Waals surface area contributed by atoms with Crippen LogP contribution in [-0.2, 0) is 22.7 Å². The molecule has 4 rings (SSSR count). The van der Waals surface area contributed by atoms with E-state index in [-0.39, 0.29) is 41.5 Å². The van der Waals surface area contributed by atoms with Gasteiger partial charge in [-0.3, -0.25) is 13.2 Å². The molecule has 28 heavy (non-hydrogen) atoms. The lowest BCUT2D eigenvalue weighted by molar-refractivity contribution is -0.149. The van der Waals surface area contributed by atoms with Crippen LogP contribution in [0.25, 0.3) is 0 Å². The third-order valence-electron chi connectivity index (χ3n) is 7.72. The molecule has 2 saturated carbocycles. The number of carbonyl (C=O) groups excluding carboxylic acids is 2. The van der Waals surface area contributed by atoms with E-state index >= 15 is 0 Å². The van der Waals surface area contributed by atoms with Gasteiger partial charge in [0.2, 0.25) is 6.41 Å². The van der Waals surface area contributed by atoms with Crippen LogP contribution in [-0.4, -0.2) is 37.7 Å². The maximum atomic E-state index is 12.1. The van der Waals surface area contributed by atoms with Gasteiger partial charge >= 0.3 is 5.97 Å². The summed E-state index contributed by atoms with van der Waals surface area (Å²) in [6.07, 6.45) is 7.74. The third kappa shape index (κ3) is 3.12. The number of allylic oxidation sites excluding steroid dienone is 2. The summed E-state index contributed by atoms with van der Waals surface area (Å²) in [6, 6.07) is -0.351. The lowest BCUT2D eigenvalue weighted by Crippen LogP contribution is -2.58. The van der Waals surface area contributed by atoms with Gasteiger partial charge in [0.25, 0.3) is 0 Å². The molecule has 1 unspecified atom stereocenters. The second-order valence-corrected chi connectivity index (χ2v) is 9.66. The first-order chi connectivity index (χ1) is 13.4. The number of ether oxygens (including phenoxy) is 1. The average molecular weight is 408 g/mol. The van der Waals surface area contributed by atoms with Crippen molar-refractivity contribution >= 4 is 24.7 Å². The van der Waals surface area contributed by atoms with E-state index in [2.05, 4.69) is 25.7 Å². The molecule has 4 aliphatic rings. The molecular formula is C21H29NO5S. The Balaban J connectivity index is 1.60. The van der Waals surface area contributed by atoms with Gasteiger partial charge in [0.1, 0.15) is 6.61 Å². The maximum absolute atomic E-state index is 12.1. The van der Waals surface area contributed by atoms with E-state index in [0.29, 0.717) is 24.5 Å². The zero-order valence-corrected chi connectivity index (χ0v) is 17.4. The zero-order valence-electron chi connectivity index (χ0n) is 16.6. The van der Waals surface area contributed by atoms with Gasteiger partial charge in [-0.1, -0.05) is 32.1 Å². The van der Waals surface area contributed by atoms with Crippen molar-refractivity contribution in [2.24, 2.45) is 22.7 Å². The van der Waals surface area contributed by atoms with Crippen molar-refractivity contribution in [2.45, 2.75) is 58.1 Å². The van der Waals surface area contributed by atoms with Gasteiger partial charge in [-0.25, -0.2) is 4.79 Å². The lowest BCUT2D eigenvalue weighted by Gasteiger charge is -2.61. The summed E-state index contributed by atoms with van der Waals surface area (Å²) in [5.41, 5.74) is 1.91. The predicted molar refractivity (Wildman–Crippen MR) is 106 cm³/mol. The molecule has 0 radical (unpaired) electrons. The molecule has 2 aliphatic heterocycles. The fraction of sp³-hybridized carbons (Fsp3) is 0.714. The minimum Gasteiger partial charge on any atom is -0.460 e. The van der Waals surface area contributed by atoms with Crippen LogP contribution in [0.2, 0.25) is 0 Å². The van der Waals surface area contributed by atoms with Crippen LogP contribution in [0.4, 0.5) is 0 Å². The quantitative estimate of drug-likeness (QED) is 0.253. The summed E-state index contributed by atoms with van der Waals surface area (Å²) in [5, 5.41) is 2.68. The van der Waals surface area contributed by atoms with Crippen LogP contribution in [0.5, 0.6) is 0 Å². The van der Waals surface area contributed by atoms with Crippen molar-refractivity contribution in [1.29, 1.82) is 0 Å². The van der Waals surface area contributed by atoms with Crippen molar-refractivity contribution in [2.75, 3.05) is 13.2 Å². The molecule has 6 nitrogen and oxygen atoms in total. The van der Waals surface area contributed by atoms with E-state index in [9.17, 15) is 9.59 Å². The van der Waals surface area contributed by atoms with E-state index in [0.717, 1.165) is 44.4 Å². The Morgan fingerprint density at radius 3 is 2.93 bits per heavy atom. The molecular weight excluding hydrogens is 378 g/mol. The first kappa shape index (κ1) is 20.0. The highest BCUT2D eigenvalue weighted by Gasteiger charge is 2.59. The van der Waals surface area contributed by atoms with E-state index in [1.54, 1.807) is 0 Å². The highest BCUT2D eigenvalue weighted by molar-refractivity contribution is 7.89. The Hall–Kier alpha value is -1.31. The van der Waals surface area contributed by atoms with Gasteiger partial charge in [-0.2, -0.15) is 0 Å². The summed E-state index contributed by atoms with van der Waals surface area (Å²) >= 11 is 1.14. The monoisotopic (exact) mass is 407 g/mol. The van der Waals surface area contributed by atoms with Gasteiger partial charge in [0.15, 0.2) is 12.3 Å². The SMILES string of the molecule is C=C1CC[C@@H]2[C@]3(C)COSO[C@@H]3CC[C@@]2(C)[C@@H]1C/C=C1/C(=O)OCC1NC=O. The van der Waals surface area contributed by atoms with Crippen molar-refractivity contribution < 1.29 is 22.7 Å². The molecule has 6 atom stereocenters. The molecule has 0 aromatic rings. The molecule has 2 heterocycles. The molecule has 0 bridgehead atoms. The fourth-order valence-electron chi connectivity index (χ4n) is 6.15. The Morgan fingerprint density at radius 2 is 2.14 bits per heavy atom. The van der Waals surface area contributed by atoms with Gasteiger partial charge < -0.3 is 10.1 Å². The van der Waals surface area contributed by atoms with Crippen LogP contribution in [0, 0.1) is 22.7 Å². The highest BCUT2D eigenvalue weighted by Crippen LogP contribution is 2.63. The Morgan fingerprint density at radius 1 is 1.32 bits per heavy atom. The van der Waals surface area contributed by atoms with E-state index in [1.807, 2.05) is 6.08 Å². The molecule has 7 heteroatoms. The first-order valence-corrected chi connectivity index (χ1v) is 10.8. The van der Waals surface area contributed by atoms with E-state index in [1.165, 1.54) is 5.57 Å². The molecule has 0 aromatic heterocycles. The number of hydrogen-bond acceptors (Lipinski definition) is 6. The van der Waals surface area contributed by atoms with Gasteiger partial charge in [0.05, 0.1) is 24.3 Å². The smallest absolute Gasteiger partial charge is 0.336 e. The molecule has 1 amide bonds. The summed E-state index contributed by atoms with van der Waals surface area (Å²) in [6.45, 7) is 10.00. The Bertz CT molecular complexity index is 709. The number of amides is 1. The summed E-state index contributed by atoms with van der Waals surface area (Å²) < 4.78 is 16.7. The normalized spacial score (nSPS) is 44.6. The topological polar surface area (TPSA) is 73.9 Å². The summed E-state index contributed by atoms with van der Waals surface area (Å²) in [7, 11) is 0. The zero-order chi connectivity index (χ0) is 19.9. The van der Waals surface area contributed by atoms with Crippen LogP contribution < -0.4 is 5.32 Å². The van der Waals surface area contributed by atoms with Crippen molar-refractivity contribution in [3.63, 3.8) is 0 Å². The van der Waals surface area contributed by atoms with Crippen LogP contribution in [0.3, 0.4) is 0 Å². The number of carbonyl (C=O) groups is 2. The number of rotatable bonds is 4. The van der Waals surface area contributed by atoms with Crippen LogP contribution >= 0.6 is 12.3 Å². The second kappa shape index (κ2) is 7.50. The van der Waals surface area contributed by atoms with Gasteiger partial charge in [-0.15, -0.1) is 0 Å². The van der Waals surface area contributed by atoms with Crippen molar-refractivity contribution in [3.8, 4) is 0 Å². The van der Waals surface area contributed by atoms with Crippen LogP contribution in [0.15, 0.2) is 23.8 Å². The van der Waals surface area contributed by atoms with Gasteiger partial charge in [-0.05, 0) is 49.4 Å². The largest absolute Gasteiger partial charge is 0.460 e. The van der Waals surface area contributed by atoms with Crippen molar-refractivity contribution in [3.05, 3.63) is 23.8 Å². The fourth-order valence-corrected chi connectivity index (χ4v) is 6.92. The Kier molecular flexibility index (Phi) is 5.35. The number of hydrogen-bond donors (Lipinski definition) is 1. The van der Waals surface area contributed by atoms with E-state index < -0.39 is 0 Å². The molecule has 2 aliphatic carbocycles. The number of nitrogens with one attached hydrogen (secondary N) is 1. The van der Waals surface area contributed by atoms with Gasteiger partial charge in [0, 0.05) is 5.41 Å². The molecule has 0 aromatic carbocycles. The molecule has 1 N–H and O–H groups in total. The average Bonchev–Trinajstić information content (AvgIpc) is 3.00. The molecule has 4 fully saturated rings. The lowest BCUT2D eigenvalue weighted by atomic mass is 9.46. The molecule has 154 valence electrons. The van der Waals surface area contributed by atoms with E-state index in [4.69, 9.17) is 13.1 Å². The summed E-state index contributed by atoms with van der Waals surface area (Å²) in [5.74, 6) is 0.439. The molecule has 2 saturated heterocycles. The minimum atomic E-state index is -0.351. The maximum Gasteiger partial charge on any atom is 0.336 e.